The van der Waals surface area contributed by atoms with Crippen molar-refractivity contribution < 1.29 is 24.2 Å². The summed E-state index contributed by atoms with van der Waals surface area (Å²) in [6.45, 7) is 4.29. The first kappa shape index (κ1) is 24.8. The van der Waals surface area contributed by atoms with Crippen molar-refractivity contribution in [1.29, 1.82) is 0 Å². The van der Waals surface area contributed by atoms with Gasteiger partial charge in [0.2, 0.25) is 11.8 Å². The fourth-order valence-electron chi connectivity index (χ4n) is 6.76. The summed E-state index contributed by atoms with van der Waals surface area (Å²) >= 11 is 0. The van der Waals surface area contributed by atoms with E-state index in [0.29, 0.717) is 13.1 Å². The summed E-state index contributed by atoms with van der Waals surface area (Å²) in [6, 6.07) is 12.2. The van der Waals surface area contributed by atoms with Gasteiger partial charge in [-0.25, -0.2) is 0 Å². The lowest BCUT2D eigenvalue weighted by Crippen LogP contribution is -2.59. The van der Waals surface area contributed by atoms with Gasteiger partial charge in [-0.3, -0.25) is 14.4 Å². The second-order valence-corrected chi connectivity index (χ2v) is 11.1. The first-order valence-electron chi connectivity index (χ1n) is 13.3. The highest BCUT2D eigenvalue weighted by Gasteiger charge is 2.72. The van der Waals surface area contributed by atoms with Gasteiger partial charge in [0.1, 0.15) is 11.6 Å². The van der Waals surface area contributed by atoms with Gasteiger partial charge < -0.3 is 24.5 Å². The topological polar surface area (TPSA) is 90.4 Å². The number of fused-ring (bicyclic) bond motifs is 3. The minimum atomic E-state index is -1.31. The molecular formula is C30H33N3O5. The van der Waals surface area contributed by atoms with Crippen LogP contribution in [0.4, 0.5) is 5.69 Å². The largest absolute Gasteiger partial charge is 0.394 e. The summed E-state index contributed by atoms with van der Waals surface area (Å²) in [7, 11) is 1.72. The van der Waals surface area contributed by atoms with Gasteiger partial charge in [0.05, 0.1) is 30.6 Å². The second-order valence-electron chi connectivity index (χ2n) is 11.1. The quantitative estimate of drug-likeness (QED) is 0.632. The third kappa shape index (κ3) is 3.47. The van der Waals surface area contributed by atoms with Gasteiger partial charge >= 0.3 is 0 Å². The number of nitrogens with zero attached hydrogens (tertiary/aromatic N) is 3. The Morgan fingerprint density at radius 1 is 1.00 bits per heavy atom. The van der Waals surface area contributed by atoms with Crippen molar-refractivity contribution >= 4 is 34.2 Å². The highest BCUT2D eigenvalue weighted by molar-refractivity contribution is 6.06. The van der Waals surface area contributed by atoms with Crippen LogP contribution in [0.25, 0.3) is 10.8 Å². The van der Waals surface area contributed by atoms with Gasteiger partial charge in [-0.1, -0.05) is 68.5 Å². The molecule has 6 rings (SSSR count). The molecule has 8 heteroatoms. The number of amides is 3. The molecule has 2 fully saturated rings. The Labute approximate surface area is 222 Å². The minimum absolute atomic E-state index is 0.114. The molecule has 2 aromatic rings. The predicted octanol–water partition coefficient (Wildman–Crippen LogP) is 2.37. The number of benzene rings is 2. The van der Waals surface area contributed by atoms with Crippen molar-refractivity contribution in [3.8, 4) is 0 Å². The van der Waals surface area contributed by atoms with Crippen LogP contribution in [-0.2, 0) is 19.1 Å². The van der Waals surface area contributed by atoms with E-state index in [9.17, 15) is 19.5 Å². The van der Waals surface area contributed by atoms with Crippen LogP contribution >= 0.6 is 0 Å². The van der Waals surface area contributed by atoms with E-state index < -0.39 is 35.6 Å². The van der Waals surface area contributed by atoms with Crippen molar-refractivity contribution in [3.63, 3.8) is 0 Å². The molecule has 3 amide bonds. The van der Waals surface area contributed by atoms with Crippen molar-refractivity contribution in [2.24, 2.45) is 17.8 Å². The van der Waals surface area contributed by atoms with Gasteiger partial charge in [0.15, 0.2) is 0 Å². The van der Waals surface area contributed by atoms with Crippen LogP contribution in [0.2, 0.25) is 0 Å². The Morgan fingerprint density at radius 2 is 1.76 bits per heavy atom. The van der Waals surface area contributed by atoms with Crippen LogP contribution in [-0.4, -0.2) is 83.2 Å². The lowest BCUT2D eigenvalue weighted by molar-refractivity contribution is -0.147. The molecule has 2 saturated heterocycles. The zero-order valence-electron chi connectivity index (χ0n) is 21.9. The molecule has 0 bridgehead atoms. The fourth-order valence-corrected chi connectivity index (χ4v) is 6.76. The molecule has 6 atom stereocenters. The summed E-state index contributed by atoms with van der Waals surface area (Å²) < 4.78 is 6.65. The normalized spacial score (nSPS) is 31.5. The van der Waals surface area contributed by atoms with Crippen LogP contribution in [0.1, 0.15) is 13.8 Å². The van der Waals surface area contributed by atoms with Gasteiger partial charge in [-0.15, -0.1) is 0 Å². The van der Waals surface area contributed by atoms with Crippen LogP contribution in [0, 0.1) is 17.8 Å². The molecule has 0 radical (unpaired) electrons. The van der Waals surface area contributed by atoms with Crippen molar-refractivity contribution in [2.75, 3.05) is 31.6 Å². The fraction of sp³-hybridized carbons (Fsp3) is 0.433. The Balaban J connectivity index is 1.50. The molecule has 1 unspecified atom stereocenters. The molecule has 8 nitrogen and oxygen atoms in total. The molecule has 4 aliphatic heterocycles. The Morgan fingerprint density at radius 3 is 2.50 bits per heavy atom. The maximum atomic E-state index is 14.5. The summed E-state index contributed by atoms with van der Waals surface area (Å²) in [5.74, 6) is -2.48. The summed E-state index contributed by atoms with van der Waals surface area (Å²) in [4.78, 5) is 47.1. The number of aliphatic hydroxyl groups is 1. The van der Waals surface area contributed by atoms with E-state index in [1.165, 1.54) is 4.90 Å². The van der Waals surface area contributed by atoms with E-state index in [0.717, 1.165) is 16.5 Å². The third-order valence-electron chi connectivity index (χ3n) is 8.66. The standard InChI is InChI=1S/C30H33N3O5/c1-18(2)22(17-34)33-26-29(37)32(21-12-11-19-8-4-5-9-20(19)16-21)15-7-13-30(26)25(28(33)36)24-23(38-30)10-6-14-31(3)27(24)35/h4-13,16,18,22-26,34H,14-15,17H2,1-3H3/t22-,23-,24+,25-,26?,30-/m0/s1. The van der Waals surface area contributed by atoms with E-state index >= 15 is 0 Å². The monoisotopic (exact) mass is 515 g/mol. The van der Waals surface area contributed by atoms with E-state index in [-0.39, 0.29) is 30.2 Å². The first-order chi connectivity index (χ1) is 18.3. The zero-order valence-corrected chi connectivity index (χ0v) is 21.9. The maximum Gasteiger partial charge on any atom is 0.253 e. The Hall–Kier alpha value is -3.49. The molecule has 4 heterocycles. The molecule has 0 aromatic heterocycles. The van der Waals surface area contributed by atoms with Gasteiger partial charge in [0.25, 0.3) is 5.91 Å². The van der Waals surface area contributed by atoms with Crippen LogP contribution < -0.4 is 4.90 Å². The number of anilines is 1. The zero-order chi connectivity index (χ0) is 26.8. The number of likely N-dealkylation sites (N-methyl/N-ethyl adjacent to an activating group) is 1. The third-order valence-corrected chi connectivity index (χ3v) is 8.66. The van der Waals surface area contributed by atoms with E-state index in [1.54, 1.807) is 16.8 Å². The molecule has 198 valence electrons. The van der Waals surface area contributed by atoms with E-state index in [4.69, 9.17) is 4.74 Å². The SMILES string of the molecule is CC(C)[C@H](CO)N1C(=O)[C@@H]2[C@@H]3C(=O)N(C)CC=C[C@@H]3O[C@@]23C=CCN(c2ccc4ccccc4c2)C(=O)C13. The average Bonchev–Trinajstić information content (AvgIpc) is 3.23. The highest BCUT2D eigenvalue weighted by atomic mass is 16.5. The minimum Gasteiger partial charge on any atom is -0.394 e. The molecular weight excluding hydrogens is 482 g/mol. The molecule has 1 N–H and O–H groups in total. The number of ether oxygens (including phenoxy) is 1. The van der Waals surface area contributed by atoms with Crippen molar-refractivity contribution in [2.45, 2.75) is 37.6 Å². The van der Waals surface area contributed by atoms with Crippen molar-refractivity contribution in [1.82, 2.24) is 9.80 Å². The Bertz CT molecular complexity index is 1370. The van der Waals surface area contributed by atoms with Gasteiger partial charge in [0, 0.05) is 25.8 Å². The lowest BCUT2D eigenvalue weighted by Gasteiger charge is -2.39. The number of hydrogen-bond acceptors (Lipinski definition) is 5. The van der Waals surface area contributed by atoms with Crippen LogP contribution in [0.15, 0.2) is 66.8 Å². The van der Waals surface area contributed by atoms with E-state index in [1.807, 2.05) is 80.6 Å². The van der Waals surface area contributed by atoms with Crippen LogP contribution in [0.3, 0.4) is 0 Å². The molecule has 4 aliphatic rings. The number of aliphatic hydroxyl groups excluding tert-OH is 1. The van der Waals surface area contributed by atoms with Crippen molar-refractivity contribution in [3.05, 3.63) is 66.8 Å². The van der Waals surface area contributed by atoms with Crippen LogP contribution in [0.5, 0.6) is 0 Å². The molecule has 1 spiro atoms. The Kier molecular flexibility index (Phi) is 5.92. The van der Waals surface area contributed by atoms with Gasteiger partial charge in [-0.2, -0.15) is 0 Å². The number of likely N-dealkylation sites (tertiary alicyclic amines) is 1. The molecule has 0 aliphatic carbocycles. The van der Waals surface area contributed by atoms with E-state index in [2.05, 4.69) is 0 Å². The van der Waals surface area contributed by atoms with Gasteiger partial charge in [-0.05, 0) is 28.8 Å². The average molecular weight is 516 g/mol. The number of rotatable bonds is 4. The predicted molar refractivity (Wildman–Crippen MR) is 143 cm³/mol. The smallest absolute Gasteiger partial charge is 0.253 e. The second kappa shape index (κ2) is 9.06. The molecule has 38 heavy (non-hydrogen) atoms. The summed E-state index contributed by atoms with van der Waals surface area (Å²) in [5.41, 5.74) is -0.588. The lowest BCUT2D eigenvalue weighted by atomic mass is 9.77. The summed E-state index contributed by atoms with van der Waals surface area (Å²) in [6.07, 6.45) is 6.84. The summed E-state index contributed by atoms with van der Waals surface area (Å²) in [5, 5.41) is 12.5. The number of carbonyl (C=O) groups is 3. The number of hydrogen-bond donors (Lipinski definition) is 1. The maximum absolute atomic E-state index is 14.5. The highest BCUT2D eigenvalue weighted by Crippen LogP contribution is 2.54. The molecule has 2 aromatic carbocycles. The first-order valence-corrected chi connectivity index (χ1v) is 13.3. The number of carbonyl (C=O) groups excluding carboxylic acids is 3. The molecule has 0 saturated carbocycles.